The summed E-state index contributed by atoms with van der Waals surface area (Å²) in [6.45, 7) is 6.04. The second-order valence-corrected chi connectivity index (χ2v) is 7.33. The molecule has 2 saturated carbocycles. The van der Waals surface area contributed by atoms with Gasteiger partial charge in [-0.1, -0.05) is 44.8 Å². The Balaban J connectivity index is 1.64. The summed E-state index contributed by atoms with van der Waals surface area (Å²) < 4.78 is 5.38. The lowest BCUT2D eigenvalue weighted by Gasteiger charge is -2.37. The highest BCUT2D eigenvalue weighted by molar-refractivity contribution is 4.92. The van der Waals surface area contributed by atoms with Crippen LogP contribution in [0.3, 0.4) is 0 Å². The van der Waals surface area contributed by atoms with Crippen LogP contribution >= 0.6 is 0 Å². The Morgan fingerprint density at radius 1 is 0.857 bits per heavy atom. The van der Waals surface area contributed by atoms with Crippen molar-refractivity contribution in [1.82, 2.24) is 0 Å². The van der Waals surface area contributed by atoms with Gasteiger partial charge < -0.3 is 4.74 Å². The van der Waals surface area contributed by atoms with Crippen molar-refractivity contribution in [3.8, 4) is 0 Å². The molecule has 21 heavy (non-hydrogen) atoms. The highest BCUT2D eigenvalue weighted by Crippen LogP contribution is 2.42. The van der Waals surface area contributed by atoms with Crippen LogP contribution < -0.4 is 0 Å². The molecule has 0 unspecified atom stereocenters. The molecule has 0 aromatic rings. The fraction of sp³-hybridized carbons (Fsp3) is 0.900. The van der Waals surface area contributed by atoms with E-state index >= 15 is 0 Å². The minimum absolute atomic E-state index is 0.803. The maximum Gasteiger partial charge on any atom is 0.0647 e. The molecule has 2 fully saturated rings. The minimum atomic E-state index is 0.803. The van der Waals surface area contributed by atoms with E-state index in [2.05, 4.69) is 26.0 Å². The maximum absolute atomic E-state index is 5.38. The van der Waals surface area contributed by atoms with Crippen LogP contribution in [0.1, 0.15) is 78.1 Å². The van der Waals surface area contributed by atoms with E-state index in [1.165, 1.54) is 64.2 Å². The molecule has 1 nitrogen and oxygen atoms in total. The molecule has 2 aliphatic carbocycles. The number of hydrogen-bond donors (Lipinski definition) is 0. The highest BCUT2D eigenvalue weighted by atomic mass is 16.5. The predicted molar refractivity (Wildman–Crippen MR) is 91.4 cm³/mol. The Hall–Kier alpha value is -0.300. The average Bonchev–Trinajstić information content (AvgIpc) is 2.53. The van der Waals surface area contributed by atoms with Crippen LogP contribution in [-0.4, -0.2) is 13.2 Å². The van der Waals surface area contributed by atoms with Crippen molar-refractivity contribution in [3.05, 3.63) is 12.2 Å². The van der Waals surface area contributed by atoms with Crippen molar-refractivity contribution in [2.45, 2.75) is 78.1 Å². The summed E-state index contributed by atoms with van der Waals surface area (Å²) >= 11 is 0. The van der Waals surface area contributed by atoms with Gasteiger partial charge in [0.2, 0.25) is 0 Å². The van der Waals surface area contributed by atoms with Crippen molar-refractivity contribution in [3.63, 3.8) is 0 Å². The average molecular weight is 293 g/mol. The van der Waals surface area contributed by atoms with Crippen molar-refractivity contribution in [2.75, 3.05) is 13.2 Å². The van der Waals surface area contributed by atoms with Gasteiger partial charge in [-0.15, -0.1) is 0 Å². The molecule has 0 saturated heterocycles. The number of rotatable bonds is 7. The molecule has 0 N–H and O–H groups in total. The fourth-order valence-corrected chi connectivity index (χ4v) is 4.60. The fourth-order valence-electron chi connectivity index (χ4n) is 4.60. The number of hydrogen-bond acceptors (Lipinski definition) is 1. The van der Waals surface area contributed by atoms with E-state index in [0.29, 0.717) is 0 Å². The molecule has 0 atom stereocenters. The first-order chi connectivity index (χ1) is 10.3. The smallest absolute Gasteiger partial charge is 0.0647 e. The third kappa shape index (κ3) is 5.77. The van der Waals surface area contributed by atoms with Gasteiger partial charge in [-0.25, -0.2) is 0 Å². The molecule has 0 amide bonds. The van der Waals surface area contributed by atoms with Gasteiger partial charge in [-0.05, 0) is 69.1 Å². The summed E-state index contributed by atoms with van der Waals surface area (Å²) in [6, 6.07) is 0. The topological polar surface area (TPSA) is 9.23 Å². The largest absolute Gasteiger partial charge is 0.378 e. The van der Waals surface area contributed by atoms with Crippen LogP contribution in [0.4, 0.5) is 0 Å². The zero-order valence-corrected chi connectivity index (χ0v) is 14.4. The van der Waals surface area contributed by atoms with Gasteiger partial charge >= 0.3 is 0 Å². The molecule has 2 rings (SSSR count). The third-order valence-electron chi connectivity index (χ3n) is 5.90. The van der Waals surface area contributed by atoms with Crippen LogP contribution in [0.25, 0.3) is 0 Å². The van der Waals surface area contributed by atoms with E-state index in [4.69, 9.17) is 4.74 Å². The van der Waals surface area contributed by atoms with Crippen LogP contribution in [0, 0.1) is 23.7 Å². The van der Waals surface area contributed by atoms with E-state index in [9.17, 15) is 0 Å². The van der Waals surface area contributed by atoms with E-state index in [1.54, 1.807) is 0 Å². The van der Waals surface area contributed by atoms with E-state index in [0.717, 1.165) is 36.9 Å². The first kappa shape index (κ1) is 17.1. The molecule has 0 aliphatic heterocycles. The van der Waals surface area contributed by atoms with E-state index in [1.807, 2.05) is 0 Å². The lowest BCUT2D eigenvalue weighted by atomic mass is 9.69. The summed E-state index contributed by atoms with van der Waals surface area (Å²) in [4.78, 5) is 0. The summed E-state index contributed by atoms with van der Waals surface area (Å²) in [7, 11) is 0. The van der Waals surface area contributed by atoms with Crippen molar-refractivity contribution in [2.24, 2.45) is 23.7 Å². The molecule has 0 radical (unpaired) electrons. The Kier molecular flexibility index (Phi) is 7.85. The van der Waals surface area contributed by atoms with Crippen LogP contribution in [0.2, 0.25) is 0 Å². The van der Waals surface area contributed by atoms with Crippen molar-refractivity contribution >= 4 is 0 Å². The SMILES string of the molecule is CCC[C@H]1CC[C@H]([C@H]2CC[C@H](/C=C/COCC)CC2)CC1. The summed E-state index contributed by atoms with van der Waals surface area (Å²) in [5.74, 6) is 4.00. The highest BCUT2D eigenvalue weighted by Gasteiger charge is 2.29. The zero-order chi connectivity index (χ0) is 14.9. The summed E-state index contributed by atoms with van der Waals surface area (Å²) in [5.41, 5.74) is 0. The molecular formula is C20H36O. The van der Waals surface area contributed by atoms with Crippen molar-refractivity contribution in [1.29, 1.82) is 0 Å². The van der Waals surface area contributed by atoms with Crippen molar-refractivity contribution < 1.29 is 4.74 Å². The lowest BCUT2D eigenvalue weighted by Crippen LogP contribution is -2.25. The lowest BCUT2D eigenvalue weighted by molar-refractivity contribution is 0.151. The molecule has 1 heteroatoms. The van der Waals surface area contributed by atoms with Crippen LogP contribution in [0.15, 0.2) is 12.2 Å². The van der Waals surface area contributed by atoms with E-state index < -0.39 is 0 Å². The molecule has 0 aromatic carbocycles. The Morgan fingerprint density at radius 3 is 2.05 bits per heavy atom. The number of ether oxygens (including phenoxy) is 1. The van der Waals surface area contributed by atoms with Crippen LogP contribution in [-0.2, 0) is 4.74 Å². The first-order valence-electron chi connectivity index (χ1n) is 9.57. The normalized spacial score (nSPS) is 34.4. The predicted octanol–water partition coefficient (Wildman–Crippen LogP) is 5.99. The Labute approximate surface area is 132 Å². The van der Waals surface area contributed by atoms with Gasteiger partial charge in [0.15, 0.2) is 0 Å². The quantitative estimate of drug-likeness (QED) is 0.413. The van der Waals surface area contributed by atoms with Gasteiger partial charge in [0.1, 0.15) is 0 Å². The molecule has 122 valence electrons. The zero-order valence-electron chi connectivity index (χ0n) is 14.4. The van der Waals surface area contributed by atoms with Gasteiger partial charge in [-0.3, -0.25) is 0 Å². The van der Waals surface area contributed by atoms with Gasteiger partial charge in [0.05, 0.1) is 6.61 Å². The maximum atomic E-state index is 5.38. The molecule has 2 aliphatic rings. The number of allylic oxidation sites excluding steroid dienone is 1. The first-order valence-corrected chi connectivity index (χ1v) is 9.57. The summed E-state index contributed by atoms with van der Waals surface area (Å²) in [6.07, 6.45) is 19.4. The molecule has 0 spiro atoms. The summed E-state index contributed by atoms with van der Waals surface area (Å²) in [5, 5.41) is 0. The Morgan fingerprint density at radius 2 is 1.48 bits per heavy atom. The second-order valence-electron chi connectivity index (χ2n) is 7.33. The second kappa shape index (κ2) is 9.66. The van der Waals surface area contributed by atoms with E-state index in [-0.39, 0.29) is 0 Å². The van der Waals surface area contributed by atoms with Gasteiger partial charge in [0, 0.05) is 6.61 Å². The van der Waals surface area contributed by atoms with Gasteiger partial charge in [-0.2, -0.15) is 0 Å². The van der Waals surface area contributed by atoms with Gasteiger partial charge in [0.25, 0.3) is 0 Å². The Bertz CT molecular complexity index is 280. The monoisotopic (exact) mass is 292 g/mol. The minimum Gasteiger partial charge on any atom is -0.378 e. The molecule has 0 bridgehead atoms. The standard InChI is InChI=1S/C20H36O/c1-3-6-17-8-12-19(13-9-17)20-14-10-18(11-15-20)7-5-16-21-4-2/h5,7,17-20H,3-4,6,8-16H2,1-2H3/b7-5+/t17-,18-,19-,20-. The van der Waals surface area contributed by atoms with Crippen LogP contribution in [0.5, 0.6) is 0 Å². The molecular weight excluding hydrogens is 256 g/mol. The third-order valence-corrected chi connectivity index (χ3v) is 5.90. The molecule has 0 heterocycles. The molecule has 0 aromatic heterocycles.